The standard InChI is InChI=1S/C23H26N2O4/c1-15(2)18-8-4-6-10-20(18)29-14-17(26)13-25-21(27)23(24-22(25)28)12-11-16-7-3-5-9-19(16)23/h3-10,15,17,26H,11-14H2,1-2H3,(H,24,28)/t17-,23+/m1/s1. The Bertz CT molecular complexity index is 942. The number of β-amino-alcohol motifs (C(OH)–C–C–N with tert-alkyl or cyclic N) is 1. The molecule has 29 heavy (non-hydrogen) atoms. The Balaban J connectivity index is 1.44. The molecule has 0 bridgehead atoms. The number of hydrogen-bond donors (Lipinski definition) is 2. The van der Waals surface area contributed by atoms with Gasteiger partial charge in [0.05, 0.1) is 6.54 Å². The molecule has 1 aliphatic heterocycles. The highest BCUT2D eigenvalue weighted by molar-refractivity contribution is 6.08. The molecule has 152 valence electrons. The van der Waals surface area contributed by atoms with Crippen LogP contribution < -0.4 is 10.1 Å². The van der Waals surface area contributed by atoms with Crippen molar-refractivity contribution in [1.82, 2.24) is 10.2 Å². The number of amides is 3. The van der Waals surface area contributed by atoms with Gasteiger partial charge in [-0.15, -0.1) is 0 Å². The third kappa shape index (κ3) is 3.38. The lowest BCUT2D eigenvalue weighted by molar-refractivity contribution is -0.132. The van der Waals surface area contributed by atoms with Gasteiger partial charge >= 0.3 is 6.03 Å². The Labute approximate surface area is 170 Å². The summed E-state index contributed by atoms with van der Waals surface area (Å²) in [6.45, 7) is 4.05. The zero-order valence-electron chi connectivity index (χ0n) is 16.7. The molecule has 2 aromatic rings. The number of aryl methyl sites for hydroxylation is 1. The second kappa shape index (κ2) is 7.52. The van der Waals surface area contributed by atoms with E-state index in [4.69, 9.17) is 4.74 Å². The smallest absolute Gasteiger partial charge is 0.325 e. The van der Waals surface area contributed by atoms with Gasteiger partial charge in [0, 0.05) is 0 Å². The van der Waals surface area contributed by atoms with E-state index >= 15 is 0 Å². The number of imide groups is 1. The summed E-state index contributed by atoms with van der Waals surface area (Å²) >= 11 is 0. The van der Waals surface area contributed by atoms with Gasteiger partial charge in [-0.25, -0.2) is 4.79 Å². The van der Waals surface area contributed by atoms with Crippen LogP contribution in [0.4, 0.5) is 4.79 Å². The van der Waals surface area contributed by atoms with Crippen LogP contribution in [0.2, 0.25) is 0 Å². The molecule has 3 amide bonds. The molecule has 2 aliphatic rings. The van der Waals surface area contributed by atoms with Gasteiger partial charge in [0.15, 0.2) is 0 Å². The highest BCUT2D eigenvalue weighted by atomic mass is 16.5. The highest BCUT2D eigenvalue weighted by Gasteiger charge is 2.55. The molecule has 4 rings (SSSR count). The van der Waals surface area contributed by atoms with Crippen molar-refractivity contribution < 1.29 is 19.4 Å². The number of nitrogens with one attached hydrogen (secondary N) is 1. The summed E-state index contributed by atoms with van der Waals surface area (Å²) in [6, 6.07) is 14.9. The molecule has 2 aromatic carbocycles. The summed E-state index contributed by atoms with van der Waals surface area (Å²) < 4.78 is 5.79. The molecular weight excluding hydrogens is 368 g/mol. The lowest BCUT2D eigenvalue weighted by Crippen LogP contribution is -2.43. The highest BCUT2D eigenvalue weighted by Crippen LogP contribution is 2.41. The number of aliphatic hydroxyl groups is 1. The number of fused-ring (bicyclic) bond motifs is 2. The minimum atomic E-state index is -1.00. The van der Waals surface area contributed by atoms with Crippen LogP contribution >= 0.6 is 0 Å². The van der Waals surface area contributed by atoms with Crippen molar-refractivity contribution >= 4 is 11.9 Å². The van der Waals surface area contributed by atoms with E-state index in [1.54, 1.807) is 0 Å². The van der Waals surface area contributed by atoms with Gasteiger partial charge in [-0.3, -0.25) is 9.69 Å². The number of hydrogen-bond acceptors (Lipinski definition) is 4. The fourth-order valence-corrected chi connectivity index (χ4v) is 4.29. The molecule has 6 nitrogen and oxygen atoms in total. The number of nitrogens with zero attached hydrogens (tertiary/aromatic N) is 1. The average Bonchev–Trinajstić information content (AvgIpc) is 3.20. The summed E-state index contributed by atoms with van der Waals surface area (Å²) in [7, 11) is 0. The van der Waals surface area contributed by atoms with E-state index in [0.717, 1.165) is 28.0 Å². The Hall–Kier alpha value is -2.86. The predicted octanol–water partition coefficient (Wildman–Crippen LogP) is 2.94. The van der Waals surface area contributed by atoms with Crippen molar-refractivity contribution in [2.45, 2.75) is 44.2 Å². The zero-order valence-corrected chi connectivity index (χ0v) is 16.7. The Kier molecular flexibility index (Phi) is 5.04. The van der Waals surface area contributed by atoms with Gasteiger partial charge in [-0.2, -0.15) is 0 Å². The van der Waals surface area contributed by atoms with Crippen molar-refractivity contribution in [3.8, 4) is 5.75 Å². The number of ether oxygens (including phenoxy) is 1. The second-order valence-electron chi connectivity index (χ2n) is 8.07. The third-order valence-corrected chi connectivity index (χ3v) is 5.79. The molecule has 2 atom stereocenters. The normalized spacial score (nSPS) is 21.6. The summed E-state index contributed by atoms with van der Waals surface area (Å²) in [5.74, 6) is 0.700. The number of carbonyl (C=O) groups excluding carboxylic acids is 2. The fraction of sp³-hybridized carbons (Fsp3) is 0.391. The molecule has 1 saturated heterocycles. The van der Waals surface area contributed by atoms with Gasteiger partial charge in [0.2, 0.25) is 0 Å². The van der Waals surface area contributed by atoms with Gasteiger partial charge < -0.3 is 15.2 Å². The van der Waals surface area contributed by atoms with Gasteiger partial charge in [-0.1, -0.05) is 56.3 Å². The Morgan fingerprint density at radius 3 is 2.66 bits per heavy atom. The van der Waals surface area contributed by atoms with Crippen molar-refractivity contribution in [1.29, 1.82) is 0 Å². The van der Waals surface area contributed by atoms with E-state index in [0.29, 0.717) is 12.2 Å². The summed E-state index contributed by atoms with van der Waals surface area (Å²) in [4.78, 5) is 26.8. The first-order valence-electron chi connectivity index (χ1n) is 10.0. The van der Waals surface area contributed by atoms with Crippen molar-refractivity contribution in [3.05, 3.63) is 65.2 Å². The maximum atomic E-state index is 13.1. The minimum absolute atomic E-state index is 0.00435. The van der Waals surface area contributed by atoms with E-state index < -0.39 is 17.7 Å². The molecule has 0 aromatic heterocycles. The molecule has 1 aliphatic carbocycles. The molecule has 1 spiro atoms. The first kappa shape index (κ1) is 19.5. The van der Waals surface area contributed by atoms with Gasteiger partial charge in [0.25, 0.3) is 5.91 Å². The number of urea groups is 1. The zero-order chi connectivity index (χ0) is 20.6. The summed E-state index contributed by atoms with van der Waals surface area (Å²) in [5.41, 5.74) is 1.99. The van der Waals surface area contributed by atoms with Crippen LogP contribution in [0.5, 0.6) is 5.75 Å². The van der Waals surface area contributed by atoms with E-state index in [9.17, 15) is 14.7 Å². The number of carbonyl (C=O) groups is 2. The molecule has 1 fully saturated rings. The van der Waals surface area contributed by atoms with Crippen LogP contribution in [0.3, 0.4) is 0 Å². The topological polar surface area (TPSA) is 78.9 Å². The first-order valence-corrected chi connectivity index (χ1v) is 10.0. The SMILES string of the molecule is CC(C)c1ccccc1OC[C@H](O)CN1C(=O)N[C@]2(CCc3ccccc32)C1=O. The lowest BCUT2D eigenvalue weighted by atomic mass is 9.92. The first-order chi connectivity index (χ1) is 13.9. The van der Waals surface area contributed by atoms with Gasteiger partial charge in [0.1, 0.15) is 24.0 Å². The van der Waals surface area contributed by atoms with Crippen LogP contribution in [0, 0.1) is 0 Å². The van der Waals surface area contributed by atoms with E-state index in [2.05, 4.69) is 19.2 Å². The molecule has 1 heterocycles. The second-order valence-corrected chi connectivity index (χ2v) is 8.07. The number of rotatable bonds is 6. The quantitative estimate of drug-likeness (QED) is 0.739. The average molecular weight is 394 g/mol. The van der Waals surface area contributed by atoms with Crippen molar-refractivity contribution in [3.63, 3.8) is 0 Å². The molecule has 0 saturated carbocycles. The van der Waals surface area contributed by atoms with Crippen LogP contribution in [-0.2, 0) is 16.8 Å². The Morgan fingerprint density at radius 2 is 1.86 bits per heavy atom. The predicted molar refractivity (Wildman–Crippen MR) is 109 cm³/mol. The third-order valence-electron chi connectivity index (χ3n) is 5.79. The van der Waals surface area contributed by atoms with Crippen molar-refractivity contribution in [2.24, 2.45) is 0 Å². The largest absolute Gasteiger partial charge is 0.491 e. The molecule has 0 radical (unpaired) electrons. The van der Waals surface area contributed by atoms with Crippen LogP contribution in [0.15, 0.2) is 48.5 Å². The summed E-state index contributed by atoms with van der Waals surface area (Å²) in [5, 5.41) is 13.3. The number of para-hydroxylation sites is 1. The summed E-state index contributed by atoms with van der Waals surface area (Å²) in [6.07, 6.45) is 0.312. The maximum absolute atomic E-state index is 13.1. The lowest BCUT2D eigenvalue weighted by Gasteiger charge is -2.23. The molecule has 6 heteroatoms. The van der Waals surface area contributed by atoms with E-state index in [-0.39, 0.29) is 25.0 Å². The Morgan fingerprint density at radius 1 is 1.14 bits per heavy atom. The molecule has 2 N–H and O–H groups in total. The fourth-order valence-electron chi connectivity index (χ4n) is 4.29. The van der Waals surface area contributed by atoms with Crippen LogP contribution in [-0.4, -0.2) is 41.2 Å². The maximum Gasteiger partial charge on any atom is 0.325 e. The van der Waals surface area contributed by atoms with E-state index in [1.807, 2.05) is 48.5 Å². The molecular formula is C23H26N2O4. The van der Waals surface area contributed by atoms with Gasteiger partial charge in [-0.05, 0) is 41.5 Å². The van der Waals surface area contributed by atoms with Crippen LogP contribution in [0.25, 0.3) is 0 Å². The number of benzene rings is 2. The number of aliphatic hydroxyl groups excluding tert-OH is 1. The van der Waals surface area contributed by atoms with Crippen molar-refractivity contribution in [2.75, 3.05) is 13.2 Å². The molecule has 0 unspecified atom stereocenters. The van der Waals surface area contributed by atoms with E-state index in [1.165, 1.54) is 0 Å². The minimum Gasteiger partial charge on any atom is -0.491 e. The van der Waals surface area contributed by atoms with Crippen LogP contribution in [0.1, 0.15) is 42.9 Å². The monoisotopic (exact) mass is 394 g/mol.